The minimum Gasteiger partial charge on any atom is -0.497 e. The first kappa shape index (κ1) is 13.3. The van der Waals surface area contributed by atoms with Crippen molar-refractivity contribution in [3.8, 4) is 5.75 Å². The molecule has 0 radical (unpaired) electrons. The standard InChI is InChI=1S/C12H19NO2S/c1-8-5-12(15-4)6-11(13-8)7-16-10(3)9(2)14/h5-6,9-10,14H,7H2,1-4H3. The Balaban J connectivity index is 2.63. The van der Waals surface area contributed by atoms with Crippen molar-refractivity contribution in [3.05, 3.63) is 23.5 Å². The fourth-order valence-electron chi connectivity index (χ4n) is 1.25. The van der Waals surface area contributed by atoms with E-state index in [1.165, 1.54) is 0 Å². The summed E-state index contributed by atoms with van der Waals surface area (Å²) in [4.78, 5) is 4.43. The predicted octanol–water partition coefficient (Wildman–Crippen LogP) is 2.40. The molecule has 2 unspecified atom stereocenters. The molecule has 0 saturated heterocycles. The van der Waals surface area contributed by atoms with Gasteiger partial charge < -0.3 is 9.84 Å². The van der Waals surface area contributed by atoms with Gasteiger partial charge in [0.1, 0.15) is 5.75 Å². The topological polar surface area (TPSA) is 42.4 Å². The van der Waals surface area contributed by atoms with Gasteiger partial charge in [-0.25, -0.2) is 0 Å². The van der Waals surface area contributed by atoms with E-state index in [0.29, 0.717) is 0 Å². The molecule has 4 heteroatoms. The van der Waals surface area contributed by atoms with Gasteiger partial charge in [-0.3, -0.25) is 4.98 Å². The number of methoxy groups -OCH3 is 1. The van der Waals surface area contributed by atoms with E-state index in [1.807, 2.05) is 32.9 Å². The smallest absolute Gasteiger partial charge is 0.122 e. The number of ether oxygens (including phenoxy) is 1. The molecule has 0 spiro atoms. The summed E-state index contributed by atoms with van der Waals surface area (Å²) in [5.41, 5.74) is 1.95. The van der Waals surface area contributed by atoms with E-state index in [9.17, 15) is 5.11 Å². The molecule has 0 aliphatic rings. The SMILES string of the molecule is COc1cc(C)nc(CSC(C)C(C)O)c1. The van der Waals surface area contributed by atoms with Crippen molar-refractivity contribution in [2.45, 2.75) is 37.9 Å². The van der Waals surface area contributed by atoms with E-state index in [-0.39, 0.29) is 11.4 Å². The molecule has 0 bridgehead atoms. The summed E-state index contributed by atoms with van der Waals surface area (Å²) in [5.74, 6) is 1.64. The van der Waals surface area contributed by atoms with Crippen LogP contribution in [0.3, 0.4) is 0 Å². The quantitative estimate of drug-likeness (QED) is 0.859. The van der Waals surface area contributed by atoms with Gasteiger partial charge in [0.2, 0.25) is 0 Å². The molecule has 0 amide bonds. The van der Waals surface area contributed by atoms with E-state index in [2.05, 4.69) is 4.98 Å². The molecule has 0 saturated carbocycles. The Morgan fingerprint density at radius 1 is 1.44 bits per heavy atom. The average molecular weight is 241 g/mol. The summed E-state index contributed by atoms with van der Waals surface area (Å²) in [7, 11) is 1.66. The zero-order valence-corrected chi connectivity index (χ0v) is 11.0. The summed E-state index contributed by atoms with van der Waals surface area (Å²) in [6.07, 6.45) is -0.295. The Hall–Kier alpha value is -0.740. The third-order valence-electron chi connectivity index (χ3n) is 2.39. The van der Waals surface area contributed by atoms with Crippen molar-refractivity contribution in [1.29, 1.82) is 0 Å². The Morgan fingerprint density at radius 3 is 2.69 bits per heavy atom. The highest BCUT2D eigenvalue weighted by atomic mass is 32.2. The molecule has 0 aromatic carbocycles. The van der Waals surface area contributed by atoms with Gasteiger partial charge in [-0.2, -0.15) is 0 Å². The van der Waals surface area contributed by atoms with Crippen LogP contribution in [0.25, 0.3) is 0 Å². The first-order chi connectivity index (χ1) is 7.52. The molecule has 90 valence electrons. The number of hydrogen-bond donors (Lipinski definition) is 1. The minimum atomic E-state index is -0.295. The highest BCUT2D eigenvalue weighted by Gasteiger charge is 2.10. The third kappa shape index (κ3) is 4.02. The molecule has 16 heavy (non-hydrogen) atoms. The molecule has 1 heterocycles. The van der Waals surface area contributed by atoms with Gasteiger partial charge in [0.25, 0.3) is 0 Å². The van der Waals surface area contributed by atoms with Crippen LogP contribution in [-0.4, -0.2) is 28.6 Å². The molecule has 0 aliphatic carbocycles. The van der Waals surface area contributed by atoms with Gasteiger partial charge in [0, 0.05) is 28.8 Å². The number of rotatable bonds is 5. The number of thioether (sulfide) groups is 1. The summed E-state index contributed by atoms with van der Waals surface area (Å²) < 4.78 is 5.19. The maximum atomic E-state index is 9.39. The summed E-state index contributed by atoms with van der Waals surface area (Å²) in [5, 5.41) is 9.60. The monoisotopic (exact) mass is 241 g/mol. The largest absolute Gasteiger partial charge is 0.497 e. The highest BCUT2D eigenvalue weighted by Crippen LogP contribution is 2.22. The summed E-state index contributed by atoms with van der Waals surface area (Å²) in [6, 6.07) is 3.85. The fourth-order valence-corrected chi connectivity index (χ4v) is 2.11. The Bertz CT molecular complexity index is 342. The van der Waals surface area contributed by atoms with Crippen molar-refractivity contribution < 1.29 is 9.84 Å². The number of hydrogen-bond acceptors (Lipinski definition) is 4. The van der Waals surface area contributed by atoms with E-state index in [1.54, 1.807) is 18.9 Å². The number of aliphatic hydroxyl groups excluding tert-OH is 1. The molecule has 0 fully saturated rings. The Morgan fingerprint density at radius 2 is 2.12 bits per heavy atom. The lowest BCUT2D eigenvalue weighted by Gasteiger charge is -2.14. The van der Waals surface area contributed by atoms with Crippen molar-refractivity contribution in [1.82, 2.24) is 4.98 Å². The summed E-state index contributed by atoms with van der Waals surface area (Å²) >= 11 is 1.70. The molecule has 1 N–H and O–H groups in total. The van der Waals surface area contributed by atoms with E-state index >= 15 is 0 Å². The molecular weight excluding hydrogens is 222 g/mol. The Kier molecular flexibility index (Phi) is 5.09. The van der Waals surface area contributed by atoms with Crippen LogP contribution in [0.5, 0.6) is 5.75 Å². The van der Waals surface area contributed by atoms with Gasteiger partial charge >= 0.3 is 0 Å². The second-order valence-corrected chi connectivity index (χ2v) is 5.26. The van der Waals surface area contributed by atoms with Crippen molar-refractivity contribution >= 4 is 11.8 Å². The maximum Gasteiger partial charge on any atom is 0.122 e. The van der Waals surface area contributed by atoms with Gasteiger partial charge in [0.15, 0.2) is 0 Å². The van der Waals surface area contributed by atoms with Crippen molar-refractivity contribution in [3.63, 3.8) is 0 Å². The van der Waals surface area contributed by atoms with Crippen LogP contribution < -0.4 is 4.74 Å². The summed E-state index contributed by atoms with van der Waals surface area (Å²) in [6.45, 7) is 5.78. The zero-order valence-electron chi connectivity index (χ0n) is 10.2. The van der Waals surface area contributed by atoms with Crippen LogP contribution in [0.4, 0.5) is 0 Å². The van der Waals surface area contributed by atoms with Crippen LogP contribution in [0.1, 0.15) is 25.2 Å². The highest BCUT2D eigenvalue weighted by molar-refractivity contribution is 7.99. The number of nitrogens with zero attached hydrogens (tertiary/aromatic N) is 1. The number of aromatic nitrogens is 1. The lowest BCUT2D eigenvalue weighted by Crippen LogP contribution is -2.15. The van der Waals surface area contributed by atoms with Crippen LogP contribution in [0, 0.1) is 6.92 Å². The predicted molar refractivity (Wildman–Crippen MR) is 68.0 cm³/mol. The molecular formula is C12H19NO2S. The number of pyridine rings is 1. The first-order valence-corrected chi connectivity index (χ1v) is 6.39. The molecule has 1 rings (SSSR count). The second kappa shape index (κ2) is 6.11. The number of aryl methyl sites for hydroxylation is 1. The number of aliphatic hydroxyl groups is 1. The van der Waals surface area contributed by atoms with Crippen LogP contribution >= 0.6 is 11.8 Å². The van der Waals surface area contributed by atoms with Gasteiger partial charge in [-0.15, -0.1) is 11.8 Å². The second-order valence-electron chi connectivity index (χ2n) is 3.90. The fraction of sp³-hybridized carbons (Fsp3) is 0.583. The molecule has 3 nitrogen and oxygen atoms in total. The van der Waals surface area contributed by atoms with Gasteiger partial charge in [-0.05, 0) is 13.8 Å². The van der Waals surface area contributed by atoms with Crippen LogP contribution in [0.2, 0.25) is 0 Å². The molecule has 0 aliphatic heterocycles. The molecule has 2 atom stereocenters. The van der Waals surface area contributed by atoms with Crippen molar-refractivity contribution in [2.75, 3.05) is 7.11 Å². The maximum absolute atomic E-state index is 9.39. The van der Waals surface area contributed by atoms with E-state index in [4.69, 9.17) is 4.74 Å². The molecule has 1 aromatic rings. The lowest BCUT2D eigenvalue weighted by molar-refractivity contribution is 0.196. The third-order valence-corrected chi connectivity index (χ3v) is 3.77. The Labute approximate surface area is 101 Å². The van der Waals surface area contributed by atoms with Crippen molar-refractivity contribution in [2.24, 2.45) is 0 Å². The van der Waals surface area contributed by atoms with Gasteiger partial charge in [-0.1, -0.05) is 6.92 Å². The zero-order chi connectivity index (χ0) is 12.1. The van der Waals surface area contributed by atoms with Crippen LogP contribution in [0.15, 0.2) is 12.1 Å². The molecule has 1 aromatic heterocycles. The average Bonchev–Trinajstić information content (AvgIpc) is 2.24. The first-order valence-electron chi connectivity index (χ1n) is 5.34. The lowest BCUT2D eigenvalue weighted by atomic mass is 10.3. The van der Waals surface area contributed by atoms with Gasteiger partial charge in [0.05, 0.1) is 18.9 Å². The van der Waals surface area contributed by atoms with E-state index < -0.39 is 0 Å². The normalized spacial score (nSPS) is 14.6. The minimum absolute atomic E-state index is 0.216. The van der Waals surface area contributed by atoms with Crippen LogP contribution in [-0.2, 0) is 5.75 Å². The van der Waals surface area contributed by atoms with E-state index in [0.717, 1.165) is 22.9 Å².